The molecule has 1 heterocycles. The highest BCUT2D eigenvalue weighted by Gasteiger charge is 2.34. The molecule has 4 rings (SSSR count). The molecule has 3 aromatic rings. The van der Waals surface area contributed by atoms with E-state index in [0.29, 0.717) is 42.0 Å². The monoisotopic (exact) mass is 710 g/mol. The highest BCUT2D eigenvalue weighted by atomic mass is 32.1. The number of alkyl halides is 3. The maximum atomic E-state index is 13.9. The number of phenols is 1. The average molecular weight is 711 g/mol. The van der Waals surface area contributed by atoms with Crippen LogP contribution in [0.1, 0.15) is 94.7 Å². The number of allylic oxidation sites excluding steroid dienone is 3. The predicted octanol–water partition coefficient (Wildman–Crippen LogP) is 6.43. The van der Waals surface area contributed by atoms with Gasteiger partial charge in [-0.3, -0.25) is 9.59 Å². The number of benzene rings is 2. The van der Waals surface area contributed by atoms with Crippen molar-refractivity contribution < 1.29 is 46.9 Å². The Morgan fingerprint density at radius 3 is 2.60 bits per heavy atom. The lowest BCUT2D eigenvalue weighted by atomic mass is 9.86. The molecule has 0 fully saturated rings. The number of methoxy groups -OCH3 is 1. The van der Waals surface area contributed by atoms with Crippen LogP contribution in [-0.4, -0.2) is 40.5 Å². The summed E-state index contributed by atoms with van der Waals surface area (Å²) in [6.07, 6.45) is 5.59. The summed E-state index contributed by atoms with van der Waals surface area (Å²) in [5.41, 5.74) is -1.21. The topological polar surface area (TPSA) is 123 Å². The van der Waals surface area contributed by atoms with Gasteiger partial charge in [0.25, 0.3) is 0 Å². The predicted molar refractivity (Wildman–Crippen MR) is 186 cm³/mol. The Morgan fingerprint density at radius 2 is 1.92 bits per heavy atom. The van der Waals surface area contributed by atoms with Gasteiger partial charge in [-0.15, -0.1) is 0 Å². The summed E-state index contributed by atoms with van der Waals surface area (Å²) in [5, 5.41) is 22.2. The lowest BCUT2D eigenvalue weighted by Crippen LogP contribution is -2.45. The number of phenolic OH excluding ortho intramolecular Hbond substituents is 1. The standard InChI is InChI=1S/C38H37F3O8S/c1-4-11-27-30(18-17-26(22(2)42)34(27)44)48-19-9-7-5-6-8-14-29(33(43)23-12-10-13-24(20-23)38(39,40)41)32-35(45)28-16-15-25(50)21-31(28)49-36(32)37(46)47-3/h5-6,8,10,12-14,16-18,20-21,29,33,43-44H,4,7,9,11,15,19H2,1-3H3/b6-5-,14-8+/t29-,33-/m0/s1. The number of Topliss-reactive ketones (excluding diaryl/α,β-unsaturated/α-hetero) is 1. The first-order valence-electron chi connectivity index (χ1n) is 16.0. The molecule has 50 heavy (non-hydrogen) atoms. The van der Waals surface area contributed by atoms with E-state index in [9.17, 15) is 37.8 Å². The van der Waals surface area contributed by atoms with Gasteiger partial charge in [-0.05, 0) is 62.1 Å². The molecule has 264 valence electrons. The van der Waals surface area contributed by atoms with E-state index >= 15 is 0 Å². The van der Waals surface area contributed by atoms with E-state index in [0.717, 1.165) is 31.7 Å². The molecule has 0 bridgehead atoms. The van der Waals surface area contributed by atoms with Gasteiger partial charge in [-0.25, -0.2) is 4.79 Å². The molecule has 8 nitrogen and oxygen atoms in total. The maximum Gasteiger partial charge on any atom is 0.416 e. The molecule has 1 aromatic heterocycles. The van der Waals surface area contributed by atoms with Crippen molar-refractivity contribution in [3.63, 3.8) is 0 Å². The van der Waals surface area contributed by atoms with Crippen LogP contribution in [0.2, 0.25) is 0 Å². The first kappa shape index (κ1) is 38.0. The van der Waals surface area contributed by atoms with Gasteiger partial charge in [0, 0.05) is 22.8 Å². The van der Waals surface area contributed by atoms with Crippen LogP contribution in [-0.2, 0) is 17.3 Å². The lowest BCUT2D eigenvalue weighted by molar-refractivity contribution is -0.137. The summed E-state index contributed by atoms with van der Waals surface area (Å²) in [6.45, 7) is 3.64. The minimum Gasteiger partial charge on any atom is -0.507 e. The number of carbonyl (C=O) groups excluding carboxylic acids is 2. The zero-order valence-electron chi connectivity index (χ0n) is 27.7. The van der Waals surface area contributed by atoms with Crippen LogP contribution < -0.4 is 20.8 Å². The zero-order chi connectivity index (χ0) is 36.6. The largest absolute Gasteiger partial charge is 0.507 e. The van der Waals surface area contributed by atoms with Crippen molar-refractivity contribution in [2.75, 3.05) is 13.7 Å². The maximum absolute atomic E-state index is 13.9. The van der Waals surface area contributed by atoms with Gasteiger partial charge in [-0.2, -0.15) is 13.2 Å². The van der Waals surface area contributed by atoms with Crippen LogP contribution in [0.15, 0.2) is 69.9 Å². The van der Waals surface area contributed by atoms with Crippen LogP contribution in [0.3, 0.4) is 0 Å². The molecule has 0 saturated heterocycles. The van der Waals surface area contributed by atoms with Gasteiger partial charge in [-0.1, -0.05) is 68.1 Å². The second-order valence-corrected chi connectivity index (χ2v) is 12.1. The minimum absolute atomic E-state index is 0.0422. The van der Waals surface area contributed by atoms with Crippen LogP contribution >= 0.6 is 12.2 Å². The molecular weight excluding hydrogens is 673 g/mol. The Kier molecular flexibility index (Phi) is 12.7. The summed E-state index contributed by atoms with van der Waals surface area (Å²) in [4.78, 5) is 39.1. The van der Waals surface area contributed by atoms with Crippen LogP contribution in [0, 0.1) is 0 Å². The number of ether oxygens (including phenoxy) is 2. The molecule has 2 atom stereocenters. The summed E-state index contributed by atoms with van der Waals surface area (Å²) in [7, 11) is 1.08. The number of hydrogen-bond donors (Lipinski definition) is 2. The highest BCUT2D eigenvalue weighted by molar-refractivity contribution is 7.81. The third-order valence-corrected chi connectivity index (χ3v) is 8.35. The number of halogens is 3. The molecule has 2 aromatic carbocycles. The number of rotatable bonds is 14. The number of ketones is 1. The quantitative estimate of drug-likeness (QED) is 0.0641. The molecule has 0 spiro atoms. The zero-order valence-corrected chi connectivity index (χ0v) is 28.5. The average Bonchev–Trinajstić information content (AvgIpc) is 3.08. The van der Waals surface area contributed by atoms with Gasteiger partial charge < -0.3 is 24.1 Å². The Hall–Kier alpha value is -4.81. The number of aliphatic hydroxyl groups excluding tert-OH is 1. The fourth-order valence-electron chi connectivity index (χ4n) is 5.57. The summed E-state index contributed by atoms with van der Waals surface area (Å²) < 4.78 is 57.3. The molecule has 0 unspecified atom stereocenters. The Labute approximate surface area is 291 Å². The second kappa shape index (κ2) is 16.7. The van der Waals surface area contributed by atoms with Crippen molar-refractivity contribution in [2.24, 2.45) is 0 Å². The SMILES string of the molecule is CCCc1c(OCCC/C=C\C=C\[C@@H](c2c(C(=O)OC)oc3c(c2=O)=CCC(=S)C=3)[C@@H](O)c2cccc(C(F)(F)F)c2)ccc(C(C)=O)c1O. The third kappa shape index (κ3) is 8.85. The van der Waals surface area contributed by atoms with Crippen LogP contribution in [0.25, 0.3) is 12.2 Å². The summed E-state index contributed by atoms with van der Waals surface area (Å²) in [5.74, 6) is -2.67. The second-order valence-electron chi connectivity index (χ2n) is 11.6. The minimum atomic E-state index is -4.69. The number of hydrogen-bond acceptors (Lipinski definition) is 9. The summed E-state index contributed by atoms with van der Waals surface area (Å²) in [6, 6.07) is 7.29. The van der Waals surface area contributed by atoms with Crippen molar-refractivity contribution in [1.82, 2.24) is 0 Å². The van der Waals surface area contributed by atoms with Crippen molar-refractivity contribution in [3.05, 3.63) is 115 Å². The van der Waals surface area contributed by atoms with Crippen molar-refractivity contribution in [1.29, 1.82) is 0 Å². The van der Waals surface area contributed by atoms with E-state index in [1.165, 1.54) is 43.4 Å². The number of thiocarbonyl (C=S) groups is 1. The van der Waals surface area contributed by atoms with Crippen molar-refractivity contribution in [2.45, 2.75) is 64.1 Å². The number of fused-ring (bicyclic) bond motifs is 1. The van der Waals surface area contributed by atoms with Gasteiger partial charge in [0.05, 0.1) is 41.7 Å². The molecule has 0 amide bonds. The molecule has 0 aliphatic heterocycles. The molecule has 2 N–H and O–H groups in total. The normalized spacial score (nSPS) is 14.2. The van der Waals surface area contributed by atoms with Gasteiger partial charge in [0.1, 0.15) is 16.9 Å². The van der Waals surface area contributed by atoms with E-state index in [1.807, 2.05) is 6.92 Å². The van der Waals surface area contributed by atoms with Crippen LogP contribution in [0.4, 0.5) is 13.2 Å². The first-order chi connectivity index (χ1) is 23.8. The van der Waals surface area contributed by atoms with E-state index < -0.39 is 40.9 Å². The van der Waals surface area contributed by atoms with Gasteiger partial charge >= 0.3 is 12.1 Å². The van der Waals surface area contributed by atoms with E-state index in [4.69, 9.17) is 26.1 Å². The lowest BCUT2D eigenvalue weighted by Gasteiger charge is -2.22. The Morgan fingerprint density at radius 1 is 1.16 bits per heavy atom. The molecule has 0 saturated carbocycles. The van der Waals surface area contributed by atoms with E-state index in [1.54, 1.807) is 18.2 Å². The Bertz CT molecular complexity index is 2010. The van der Waals surface area contributed by atoms with Crippen molar-refractivity contribution >= 4 is 41.0 Å². The van der Waals surface area contributed by atoms with Crippen LogP contribution in [0.5, 0.6) is 11.5 Å². The number of aromatic hydroxyl groups is 1. The molecule has 1 aliphatic carbocycles. The number of unbranched alkanes of at least 4 members (excludes halogenated alkanes) is 1. The molecule has 0 radical (unpaired) electrons. The molecule has 12 heteroatoms. The molecule has 1 aliphatic rings. The summed E-state index contributed by atoms with van der Waals surface area (Å²) >= 11 is 5.22. The molecular formula is C38H37F3O8S. The van der Waals surface area contributed by atoms with E-state index in [-0.39, 0.29) is 45.3 Å². The smallest absolute Gasteiger partial charge is 0.416 e. The third-order valence-electron chi connectivity index (χ3n) is 8.07. The number of aliphatic hydroxyl groups is 1. The fraction of sp³-hybridized carbons (Fsp3) is 0.316. The van der Waals surface area contributed by atoms with Gasteiger partial charge in [0.15, 0.2) is 11.2 Å². The van der Waals surface area contributed by atoms with Gasteiger partial charge in [0.2, 0.25) is 5.76 Å². The van der Waals surface area contributed by atoms with Crippen molar-refractivity contribution in [3.8, 4) is 11.5 Å². The van der Waals surface area contributed by atoms with E-state index in [2.05, 4.69) is 0 Å². The Balaban J connectivity index is 1.62. The number of esters is 1. The fourth-order valence-corrected chi connectivity index (χ4v) is 5.76. The highest BCUT2D eigenvalue weighted by Crippen LogP contribution is 2.36. The number of carbonyl (C=O) groups is 2. The first-order valence-corrected chi connectivity index (χ1v) is 16.4.